The van der Waals surface area contributed by atoms with Gasteiger partial charge in [0.15, 0.2) is 0 Å². The van der Waals surface area contributed by atoms with Crippen molar-refractivity contribution in [3.63, 3.8) is 0 Å². The minimum absolute atomic E-state index is 0.0264. The van der Waals surface area contributed by atoms with Gasteiger partial charge in [0.25, 0.3) is 0 Å². The molecule has 1 aromatic rings. The molecule has 2 amide bonds. The number of benzene rings is 1. The Morgan fingerprint density at radius 3 is 2.61 bits per heavy atom. The molecule has 0 radical (unpaired) electrons. The molecule has 0 atom stereocenters. The van der Waals surface area contributed by atoms with Crippen LogP contribution in [0, 0.1) is 0 Å². The van der Waals surface area contributed by atoms with Crippen molar-refractivity contribution >= 4 is 17.5 Å². The van der Waals surface area contributed by atoms with Gasteiger partial charge < -0.3 is 14.5 Å². The largest absolute Gasteiger partial charge is 0.375 e. The molecule has 1 saturated heterocycles. The average molecular weight is 248 g/mol. The van der Waals surface area contributed by atoms with Crippen LogP contribution in [0.3, 0.4) is 0 Å². The van der Waals surface area contributed by atoms with Crippen LogP contribution in [0.5, 0.6) is 0 Å². The fraction of sp³-hybridized carbons (Fsp3) is 0.385. The predicted molar refractivity (Wildman–Crippen MR) is 67.3 cm³/mol. The summed E-state index contributed by atoms with van der Waals surface area (Å²) < 4.78 is 4.79. The molecule has 1 heterocycles. The number of carbonyl (C=O) groups excluding carboxylic acids is 2. The summed E-state index contributed by atoms with van der Waals surface area (Å²) in [5.74, 6) is -0.199. The van der Waals surface area contributed by atoms with E-state index in [-0.39, 0.29) is 25.0 Å². The molecular weight excluding hydrogens is 232 g/mol. The summed E-state index contributed by atoms with van der Waals surface area (Å²) in [4.78, 5) is 26.9. The first-order valence-corrected chi connectivity index (χ1v) is 5.84. The molecule has 1 aromatic carbocycles. The molecule has 5 nitrogen and oxygen atoms in total. The number of amides is 2. The van der Waals surface area contributed by atoms with Crippen molar-refractivity contribution in [2.45, 2.75) is 0 Å². The molecule has 0 aromatic heterocycles. The van der Waals surface area contributed by atoms with Gasteiger partial charge in [0.1, 0.15) is 13.2 Å². The van der Waals surface area contributed by atoms with E-state index in [2.05, 4.69) is 0 Å². The van der Waals surface area contributed by atoms with E-state index in [1.54, 1.807) is 4.90 Å². The Labute approximate surface area is 106 Å². The standard InChI is InChI=1S/C13H16N2O3/c1-18-10-13(17)14-7-8-15(12(16)9-14)11-5-3-2-4-6-11/h2-6H,7-10H2,1H3. The average Bonchev–Trinajstić information content (AvgIpc) is 2.40. The van der Waals surface area contributed by atoms with Crippen LogP contribution >= 0.6 is 0 Å². The molecular formula is C13H16N2O3. The fourth-order valence-corrected chi connectivity index (χ4v) is 1.98. The first kappa shape index (κ1) is 12.6. The first-order chi connectivity index (χ1) is 8.72. The predicted octanol–water partition coefficient (Wildman–Crippen LogP) is 0.508. The number of hydrogen-bond acceptors (Lipinski definition) is 3. The van der Waals surface area contributed by atoms with Crippen molar-refractivity contribution < 1.29 is 14.3 Å². The minimum Gasteiger partial charge on any atom is -0.375 e. The van der Waals surface area contributed by atoms with E-state index in [9.17, 15) is 9.59 Å². The summed E-state index contributed by atoms with van der Waals surface area (Å²) in [5, 5.41) is 0. The Hall–Kier alpha value is -1.88. The molecule has 0 aliphatic carbocycles. The third kappa shape index (κ3) is 2.68. The van der Waals surface area contributed by atoms with Gasteiger partial charge in [0, 0.05) is 25.9 Å². The second kappa shape index (κ2) is 5.64. The van der Waals surface area contributed by atoms with Gasteiger partial charge in [-0.05, 0) is 12.1 Å². The maximum Gasteiger partial charge on any atom is 0.249 e. The van der Waals surface area contributed by atoms with E-state index in [0.29, 0.717) is 13.1 Å². The summed E-state index contributed by atoms with van der Waals surface area (Å²) in [5.41, 5.74) is 0.876. The van der Waals surface area contributed by atoms with Crippen LogP contribution < -0.4 is 4.90 Å². The van der Waals surface area contributed by atoms with E-state index >= 15 is 0 Å². The Kier molecular flexibility index (Phi) is 3.94. The molecule has 0 saturated carbocycles. The number of hydrogen-bond donors (Lipinski definition) is 0. The van der Waals surface area contributed by atoms with Crippen LogP contribution in [0.4, 0.5) is 5.69 Å². The lowest BCUT2D eigenvalue weighted by atomic mass is 10.2. The monoisotopic (exact) mass is 248 g/mol. The number of piperazine rings is 1. The number of nitrogens with zero attached hydrogens (tertiary/aromatic N) is 2. The van der Waals surface area contributed by atoms with E-state index < -0.39 is 0 Å². The molecule has 0 unspecified atom stereocenters. The lowest BCUT2D eigenvalue weighted by Crippen LogP contribution is -2.53. The maximum absolute atomic E-state index is 12.0. The number of para-hydroxylation sites is 1. The molecule has 2 rings (SSSR count). The highest BCUT2D eigenvalue weighted by atomic mass is 16.5. The molecule has 1 aliphatic heterocycles. The quantitative estimate of drug-likeness (QED) is 0.783. The van der Waals surface area contributed by atoms with Crippen LogP contribution in [0.15, 0.2) is 30.3 Å². The summed E-state index contributed by atoms with van der Waals surface area (Å²) in [6.07, 6.45) is 0. The summed E-state index contributed by atoms with van der Waals surface area (Å²) in [6, 6.07) is 9.48. The highest BCUT2D eigenvalue weighted by molar-refractivity contribution is 5.98. The van der Waals surface area contributed by atoms with Crippen LogP contribution in [0.25, 0.3) is 0 Å². The van der Waals surface area contributed by atoms with E-state index in [0.717, 1.165) is 5.69 Å². The summed E-state index contributed by atoms with van der Waals surface area (Å²) in [7, 11) is 1.47. The number of anilines is 1. The van der Waals surface area contributed by atoms with Crippen molar-refractivity contribution in [1.29, 1.82) is 0 Å². The lowest BCUT2D eigenvalue weighted by molar-refractivity contribution is -0.139. The van der Waals surface area contributed by atoms with Gasteiger partial charge in [-0.2, -0.15) is 0 Å². The third-order valence-electron chi connectivity index (χ3n) is 2.91. The summed E-state index contributed by atoms with van der Waals surface area (Å²) >= 11 is 0. The van der Waals surface area contributed by atoms with Crippen molar-refractivity contribution in [2.75, 3.05) is 38.3 Å². The Balaban J connectivity index is 2.01. The second-order valence-electron chi connectivity index (χ2n) is 4.13. The van der Waals surface area contributed by atoms with Crippen LogP contribution in [0.2, 0.25) is 0 Å². The Bertz CT molecular complexity index is 433. The van der Waals surface area contributed by atoms with Gasteiger partial charge in [0.2, 0.25) is 11.8 Å². The van der Waals surface area contributed by atoms with Gasteiger partial charge in [-0.3, -0.25) is 9.59 Å². The highest BCUT2D eigenvalue weighted by Crippen LogP contribution is 2.16. The number of rotatable bonds is 3. The number of carbonyl (C=O) groups is 2. The zero-order valence-corrected chi connectivity index (χ0v) is 10.3. The van der Waals surface area contributed by atoms with E-state index in [1.165, 1.54) is 12.0 Å². The fourth-order valence-electron chi connectivity index (χ4n) is 1.98. The molecule has 0 N–H and O–H groups in total. The highest BCUT2D eigenvalue weighted by Gasteiger charge is 2.27. The zero-order valence-electron chi connectivity index (χ0n) is 10.3. The normalized spacial score (nSPS) is 15.9. The molecule has 0 spiro atoms. The van der Waals surface area contributed by atoms with Crippen molar-refractivity contribution in [2.24, 2.45) is 0 Å². The Morgan fingerprint density at radius 2 is 2.00 bits per heavy atom. The third-order valence-corrected chi connectivity index (χ3v) is 2.91. The summed E-state index contributed by atoms with van der Waals surface area (Å²) in [6.45, 7) is 1.22. The molecule has 96 valence electrons. The number of methoxy groups -OCH3 is 1. The van der Waals surface area contributed by atoms with Gasteiger partial charge >= 0.3 is 0 Å². The smallest absolute Gasteiger partial charge is 0.249 e. The lowest BCUT2D eigenvalue weighted by Gasteiger charge is -2.34. The van der Waals surface area contributed by atoms with Gasteiger partial charge in [0.05, 0.1) is 0 Å². The van der Waals surface area contributed by atoms with Crippen LogP contribution in [-0.4, -0.2) is 50.1 Å². The molecule has 5 heteroatoms. The topological polar surface area (TPSA) is 49.9 Å². The SMILES string of the molecule is COCC(=O)N1CCN(c2ccccc2)C(=O)C1. The second-order valence-corrected chi connectivity index (χ2v) is 4.13. The van der Waals surface area contributed by atoms with Crippen molar-refractivity contribution in [1.82, 2.24) is 4.90 Å². The molecule has 0 bridgehead atoms. The Morgan fingerprint density at radius 1 is 1.28 bits per heavy atom. The van der Waals surface area contributed by atoms with Crippen LogP contribution in [0.1, 0.15) is 0 Å². The van der Waals surface area contributed by atoms with Crippen molar-refractivity contribution in [3.8, 4) is 0 Å². The van der Waals surface area contributed by atoms with Gasteiger partial charge in [-0.25, -0.2) is 0 Å². The molecule has 1 fully saturated rings. The van der Waals surface area contributed by atoms with Gasteiger partial charge in [-0.1, -0.05) is 18.2 Å². The van der Waals surface area contributed by atoms with Crippen molar-refractivity contribution in [3.05, 3.63) is 30.3 Å². The van der Waals surface area contributed by atoms with Gasteiger partial charge in [-0.15, -0.1) is 0 Å². The maximum atomic E-state index is 12.0. The first-order valence-electron chi connectivity index (χ1n) is 5.84. The minimum atomic E-state index is -0.140. The number of ether oxygens (including phenoxy) is 1. The van der Waals surface area contributed by atoms with Crippen LogP contribution in [-0.2, 0) is 14.3 Å². The van der Waals surface area contributed by atoms with E-state index in [4.69, 9.17) is 4.74 Å². The zero-order chi connectivity index (χ0) is 13.0. The molecule has 1 aliphatic rings. The van der Waals surface area contributed by atoms with E-state index in [1.807, 2.05) is 30.3 Å². The molecule has 18 heavy (non-hydrogen) atoms.